The van der Waals surface area contributed by atoms with Gasteiger partial charge in [0.2, 0.25) is 0 Å². The zero-order valence-corrected chi connectivity index (χ0v) is 27.3. The van der Waals surface area contributed by atoms with Crippen LogP contribution in [0.2, 0.25) is 0 Å². The fraction of sp³-hybridized carbons (Fsp3) is 0.122. The average molecular weight is 697 g/mol. The van der Waals surface area contributed by atoms with Gasteiger partial charge in [-0.25, -0.2) is 0 Å². The molecule has 0 spiro atoms. The summed E-state index contributed by atoms with van der Waals surface area (Å²) in [5.74, 6) is 1.24. The summed E-state index contributed by atoms with van der Waals surface area (Å²) in [7, 11) is 0. The van der Waals surface area contributed by atoms with E-state index in [1.165, 1.54) is 12.1 Å². The van der Waals surface area contributed by atoms with Gasteiger partial charge >= 0.3 is 12.4 Å². The molecule has 6 aromatic carbocycles. The normalized spacial score (nSPS) is 13.4. The van der Waals surface area contributed by atoms with Crippen molar-refractivity contribution in [1.29, 1.82) is 0 Å². The molecule has 0 aliphatic heterocycles. The van der Waals surface area contributed by atoms with Crippen LogP contribution in [0, 0.1) is 13.8 Å². The maximum Gasteiger partial charge on any atom is 0.418 e. The van der Waals surface area contributed by atoms with Crippen molar-refractivity contribution in [3.05, 3.63) is 166 Å². The molecule has 4 N–H and O–H groups in total. The Hall–Kier alpha value is -5.90. The van der Waals surface area contributed by atoms with E-state index in [4.69, 9.17) is 20.9 Å². The summed E-state index contributed by atoms with van der Waals surface area (Å²) in [4.78, 5) is 0. The lowest BCUT2D eigenvalue weighted by atomic mass is 9.67. The first-order valence-electron chi connectivity index (χ1n) is 15.9. The number of benzene rings is 6. The van der Waals surface area contributed by atoms with Gasteiger partial charge in [0.15, 0.2) is 0 Å². The summed E-state index contributed by atoms with van der Waals surface area (Å²) in [5.41, 5.74) is 15.4. The SMILES string of the molecule is Cc1cc(C2(c3ccc(Oc4ccc(C(F)(F)F)c(N)c4)c(C)c3)c3ccccc3-c3ccccc32)ccc1Oc1ccc(C(F)(F)F)c(N)c1. The number of fused-ring (bicyclic) bond motifs is 3. The van der Waals surface area contributed by atoms with Crippen molar-refractivity contribution in [2.75, 3.05) is 11.5 Å². The Balaban J connectivity index is 1.32. The highest BCUT2D eigenvalue weighted by Gasteiger charge is 2.46. The van der Waals surface area contributed by atoms with E-state index in [1.54, 1.807) is 12.1 Å². The van der Waals surface area contributed by atoms with E-state index in [1.807, 2.05) is 62.4 Å². The molecule has 1 aliphatic rings. The highest BCUT2D eigenvalue weighted by Crippen LogP contribution is 2.57. The topological polar surface area (TPSA) is 70.5 Å². The number of halogens is 6. The van der Waals surface area contributed by atoms with Crippen LogP contribution in [0.3, 0.4) is 0 Å². The highest BCUT2D eigenvalue weighted by molar-refractivity contribution is 5.86. The second-order valence-corrected chi connectivity index (χ2v) is 12.5. The Morgan fingerprint density at radius 1 is 0.490 bits per heavy atom. The molecule has 0 aromatic heterocycles. The van der Waals surface area contributed by atoms with Gasteiger partial charge in [-0.2, -0.15) is 26.3 Å². The number of nitrogen functional groups attached to an aromatic ring is 2. The molecule has 6 aromatic rings. The molecule has 7 rings (SSSR count). The zero-order valence-electron chi connectivity index (χ0n) is 27.3. The minimum absolute atomic E-state index is 0.170. The lowest BCUT2D eigenvalue weighted by molar-refractivity contribution is -0.137. The molecule has 0 bridgehead atoms. The molecule has 0 fully saturated rings. The van der Waals surface area contributed by atoms with E-state index in [2.05, 4.69) is 24.3 Å². The van der Waals surface area contributed by atoms with Crippen LogP contribution in [0.25, 0.3) is 11.1 Å². The molecule has 1 aliphatic carbocycles. The van der Waals surface area contributed by atoms with Crippen molar-refractivity contribution >= 4 is 11.4 Å². The van der Waals surface area contributed by atoms with Crippen LogP contribution in [-0.4, -0.2) is 0 Å². The molecule has 0 radical (unpaired) electrons. The van der Waals surface area contributed by atoms with Crippen LogP contribution >= 0.6 is 0 Å². The monoisotopic (exact) mass is 696 g/mol. The number of anilines is 2. The van der Waals surface area contributed by atoms with Gasteiger partial charge in [0.05, 0.1) is 16.5 Å². The maximum absolute atomic E-state index is 13.3. The quantitative estimate of drug-likeness (QED) is 0.134. The van der Waals surface area contributed by atoms with E-state index in [9.17, 15) is 26.3 Å². The summed E-state index contributed by atoms with van der Waals surface area (Å²) in [6.45, 7) is 3.73. The largest absolute Gasteiger partial charge is 0.457 e. The smallest absolute Gasteiger partial charge is 0.418 e. The van der Waals surface area contributed by atoms with Crippen LogP contribution in [0.5, 0.6) is 23.0 Å². The number of aryl methyl sites for hydroxylation is 2. The summed E-state index contributed by atoms with van der Waals surface area (Å²) in [6.07, 6.45) is -9.16. The number of alkyl halides is 6. The molecule has 0 atom stereocenters. The number of hydrogen-bond donors (Lipinski definition) is 2. The fourth-order valence-corrected chi connectivity index (χ4v) is 7.00. The van der Waals surface area contributed by atoms with Gasteiger partial charge in [0.25, 0.3) is 0 Å². The Labute approximate surface area is 289 Å². The van der Waals surface area contributed by atoms with Crippen LogP contribution in [-0.2, 0) is 17.8 Å². The van der Waals surface area contributed by atoms with Crippen molar-refractivity contribution in [1.82, 2.24) is 0 Å². The summed E-state index contributed by atoms with van der Waals surface area (Å²) < 4.78 is 91.8. The Kier molecular flexibility index (Phi) is 8.00. The van der Waals surface area contributed by atoms with Crippen molar-refractivity contribution in [3.63, 3.8) is 0 Å². The molecule has 0 amide bonds. The number of ether oxygens (including phenoxy) is 2. The van der Waals surface area contributed by atoms with E-state index >= 15 is 0 Å². The molecule has 0 heterocycles. The van der Waals surface area contributed by atoms with Crippen LogP contribution in [0.4, 0.5) is 37.7 Å². The zero-order chi connectivity index (χ0) is 36.3. The lowest BCUT2D eigenvalue weighted by Crippen LogP contribution is -2.28. The molecule has 0 unspecified atom stereocenters. The first-order valence-corrected chi connectivity index (χ1v) is 15.9. The first kappa shape index (κ1) is 33.6. The Bertz CT molecular complexity index is 2150. The summed E-state index contributed by atoms with van der Waals surface area (Å²) in [5, 5.41) is 0. The van der Waals surface area contributed by atoms with Gasteiger partial charge in [-0.3, -0.25) is 0 Å². The van der Waals surface area contributed by atoms with E-state index < -0.39 is 40.3 Å². The summed E-state index contributed by atoms with van der Waals surface area (Å²) >= 11 is 0. The van der Waals surface area contributed by atoms with Gasteiger partial charge in [-0.15, -0.1) is 0 Å². The predicted molar refractivity (Wildman–Crippen MR) is 185 cm³/mol. The number of nitrogens with two attached hydrogens (primary N) is 2. The molecular formula is C41H30F6N2O2. The average Bonchev–Trinajstić information content (AvgIpc) is 3.37. The minimum atomic E-state index is -4.58. The van der Waals surface area contributed by atoms with Crippen molar-refractivity contribution in [3.8, 4) is 34.1 Å². The van der Waals surface area contributed by atoms with Crippen molar-refractivity contribution in [2.45, 2.75) is 31.6 Å². The molecule has 0 saturated heterocycles. The van der Waals surface area contributed by atoms with Crippen molar-refractivity contribution in [2.24, 2.45) is 0 Å². The molecule has 51 heavy (non-hydrogen) atoms. The van der Waals surface area contributed by atoms with Gasteiger partial charge in [-0.05, 0) is 94.8 Å². The highest BCUT2D eigenvalue weighted by atomic mass is 19.4. The van der Waals surface area contributed by atoms with E-state index in [0.29, 0.717) is 11.5 Å². The number of hydrogen-bond acceptors (Lipinski definition) is 4. The maximum atomic E-state index is 13.3. The molecule has 0 saturated carbocycles. The predicted octanol–water partition coefficient (Wildman–Crippen LogP) is 11.5. The van der Waals surface area contributed by atoms with Crippen molar-refractivity contribution < 1.29 is 35.8 Å². The second-order valence-electron chi connectivity index (χ2n) is 12.5. The molecule has 258 valence electrons. The third-order valence-corrected chi connectivity index (χ3v) is 9.28. The molecular weight excluding hydrogens is 666 g/mol. The Morgan fingerprint density at radius 3 is 1.24 bits per heavy atom. The van der Waals surface area contributed by atoms with E-state index in [0.717, 1.165) is 68.8 Å². The summed E-state index contributed by atoms with van der Waals surface area (Å²) in [6, 6.07) is 34.4. The standard InChI is InChI=1S/C41H30F6N2O2/c1-23-19-25(11-17-37(23)50-27-13-15-33(35(48)21-27)40(42,43)44)39(31-9-5-3-7-29(31)30-8-4-6-10-32(30)39)26-12-18-38(24(2)20-26)51-28-14-16-34(36(49)22-28)41(45,46)47/h3-22H,48-49H2,1-2H3. The molecule has 4 nitrogen and oxygen atoms in total. The van der Waals surface area contributed by atoms with Crippen LogP contribution in [0.15, 0.2) is 121 Å². The van der Waals surface area contributed by atoms with Gasteiger partial charge in [0, 0.05) is 23.5 Å². The second kappa shape index (κ2) is 12.2. The van der Waals surface area contributed by atoms with Crippen LogP contribution < -0.4 is 20.9 Å². The third kappa shape index (κ3) is 5.80. The minimum Gasteiger partial charge on any atom is -0.457 e. The third-order valence-electron chi connectivity index (χ3n) is 9.28. The number of rotatable bonds is 6. The van der Waals surface area contributed by atoms with Crippen LogP contribution in [0.1, 0.15) is 44.5 Å². The lowest BCUT2D eigenvalue weighted by Gasteiger charge is -2.34. The van der Waals surface area contributed by atoms with Gasteiger partial charge in [0.1, 0.15) is 23.0 Å². The van der Waals surface area contributed by atoms with Gasteiger partial charge < -0.3 is 20.9 Å². The molecule has 10 heteroatoms. The first-order chi connectivity index (χ1) is 24.2. The fourth-order valence-electron chi connectivity index (χ4n) is 7.00. The van der Waals surface area contributed by atoms with Gasteiger partial charge in [-0.1, -0.05) is 72.8 Å². The Morgan fingerprint density at radius 2 is 0.882 bits per heavy atom. The van der Waals surface area contributed by atoms with E-state index in [-0.39, 0.29) is 11.5 Å².